The van der Waals surface area contributed by atoms with Crippen LogP contribution < -0.4 is 10.6 Å². The number of rotatable bonds is 6. The highest BCUT2D eigenvalue weighted by Gasteiger charge is 2.16. The highest BCUT2D eigenvalue weighted by molar-refractivity contribution is 5.76. The van der Waals surface area contributed by atoms with Crippen LogP contribution in [0.2, 0.25) is 0 Å². The number of hydrogen-bond donors (Lipinski definition) is 2. The molecule has 7 nitrogen and oxygen atoms in total. The van der Waals surface area contributed by atoms with E-state index in [1.54, 1.807) is 12.1 Å². The smallest absolute Gasteiger partial charge is 0.158 e. The van der Waals surface area contributed by atoms with Crippen LogP contribution in [-0.2, 0) is 0 Å². The highest BCUT2D eigenvalue weighted by Crippen LogP contribution is 2.30. The highest BCUT2D eigenvalue weighted by atomic mass is 19.1. The number of nitrogens with zero attached hydrogens (tertiary/aromatic N) is 5. The minimum Gasteiger partial charge on any atom is -0.383 e. The zero-order chi connectivity index (χ0) is 20.8. The topological polar surface area (TPSA) is 99.4 Å². The second kappa shape index (κ2) is 9.27. The van der Waals surface area contributed by atoms with E-state index in [2.05, 4.69) is 30.8 Å². The summed E-state index contributed by atoms with van der Waals surface area (Å²) in [6.07, 6.45) is 9.18. The van der Waals surface area contributed by atoms with Crippen molar-refractivity contribution in [1.29, 1.82) is 5.26 Å². The zero-order valence-corrected chi connectivity index (χ0v) is 16.5. The first-order chi connectivity index (χ1) is 14.7. The average molecular weight is 403 g/mol. The molecule has 0 radical (unpaired) electrons. The average Bonchev–Trinajstić information content (AvgIpc) is 2.80. The van der Waals surface area contributed by atoms with Gasteiger partial charge in [0.2, 0.25) is 0 Å². The van der Waals surface area contributed by atoms with Gasteiger partial charge in [0.05, 0.1) is 18.1 Å². The molecule has 1 fully saturated rings. The number of anilines is 3. The van der Waals surface area contributed by atoms with Gasteiger partial charge in [-0.05, 0) is 43.0 Å². The molecule has 0 amide bonds. The van der Waals surface area contributed by atoms with Crippen molar-refractivity contribution in [3.05, 3.63) is 54.2 Å². The van der Waals surface area contributed by atoms with Gasteiger partial charge in [-0.1, -0.05) is 19.3 Å². The van der Waals surface area contributed by atoms with Crippen molar-refractivity contribution >= 4 is 17.3 Å². The largest absolute Gasteiger partial charge is 0.383 e. The van der Waals surface area contributed by atoms with E-state index >= 15 is 0 Å². The fourth-order valence-electron chi connectivity index (χ4n) is 3.64. The Morgan fingerprint density at radius 2 is 1.80 bits per heavy atom. The third-order valence-electron chi connectivity index (χ3n) is 5.24. The second-order valence-corrected chi connectivity index (χ2v) is 7.41. The molecule has 0 spiro atoms. The lowest BCUT2D eigenvalue weighted by atomic mass is 9.89. The molecule has 3 aromatic rings. The molecule has 0 atom stereocenters. The Kier molecular flexibility index (Phi) is 6.09. The standard InChI is InChI=1S/C22H22FN7/c23-17-8-6-16(7-9-17)22-19(26-12-15-4-2-1-3-5-15)10-20(29-30-22)28-21-14-25-18(11-24)13-27-21/h6-10,13-15H,1-5,12H2,(H2,26,27,28,29). The zero-order valence-electron chi connectivity index (χ0n) is 16.5. The maximum Gasteiger partial charge on any atom is 0.158 e. The summed E-state index contributed by atoms with van der Waals surface area (Å²) in [6, 6.07) is 10.0. The van der Waals surface area contributed by atoms with Crippen LogP contribution in [0.4, 0.5) is 21.7 Å². The number of aromatic nitrogens is 4. The van der Waals surface area contributed by atoms with E-state index in [-0.39, 0.29) is 11.5 Å². The third kappa shape index (κ3) is 4.87. The Hall–Kier alpha value is -3.60. The SMILES string of the molecule is N#Cc1cnc(Nc2cc(NCC3CCCCC3)c(-c3ccc(F)cc3)nn2)cn1. The summed E-state index contributed by atoms with van der Waals surface area (Å²) in [7, 11) is 0. The molecule has 0 aliphatic heterocycles. The normalized spacial score (nSPS) is 14.1. The Bertz CT molecular complexity index is 1020. The molecule has 0 bridgehead atoms. The fraction of sp³-hybridized carbons (Fsp3) is 0.318. The predicted octanol–water partition coefficient (Wildman–Crippen LogP) is 4.68. The summed E-state index contributed by atoms with van der Waals surface area (Å²) < 4.78 is 13.4. The molecule has 8 heteroatoms. The molecule has 4 rings (SSSR count). The first kappa shape index (κ1) is 19.7. The lowest BCUT2D eigenvalue weighted by Crippen LogP contribution is -2.18. The summed E-state index contributed by atoms with van der Waals surface area (Å²) in [5.41, 5.74) is 2.53. The van der Waals surface area contributed by atoms with Gasteiger partial charge in [0, 0.05) is 18.2 Å². The molecule has 0 saturated heterocycles. The molecule has 30 heavy (non-hydrogen) atoms. The van der Waals surface area contributed by atoms with E-state index in [1.165, 1.54) is 56.6 Å². The number of hydrogen-bond acceptors (Lipinski definition) is 7. The molecule has 1 aliphatic carbocycles. The number of halogens is 1. The Morgan fingerprint density at radius 1 is 1.00 bits per heavy atom. The van der Waals surface area contributed by atoms with Crippen LogP contribution in [-0.4, -0.2) is 26.7 Å². The maximum absolute atomic E-state index is 13.4. The van der Waals surface area contributed by atoms with Crippen molar-refractivity contribution in [2.75, 3.05) is 17.2 Å². The van der Waals surface area contributed by atoms with Crippen LogP contribution in [0, 0.1) is 23.1 Å². The maximum atomic E-state index is 13.4. The van der Waals surface area contributed by atoms with Gasteiger partial charge < -0.3 is 10.6 Å². The van der Waals surface area contributed by atoms with E-state index in [0.29, 0.717) is 23.2 Å². The predicted molar refractivity (Wildman–Crippen MR) is 113 cm³/mol. The molecule has 2 heterocycles. The second-order valence-electron chi connectivity index (χ2n) is 7.41. The van der Waals surface area contributed by atoms with Gasteiger partial charge in [-0.3, -0.25) is 0 Å². The first-order valence-electron chi connectivity index (χ1n) is 10.1. The fourth-order valence-corrected chi connectivity index (χ4v) is 3.64. The Balaban J connectivity index is 1.58. The van der Waals surface area contributed by atoms with E-state index in [1.807, 2.05) is 12.1 Å². The van der Waals surface area contributed by atoms with E-state index in [4.69, 9.17) is 5.26 Å². The lowest BCUT2D eigenvalue weighted by Gasteiger charge is -2.23. The van der Waals surface area contributed by atoms with Crippen molar-refractivity contribution in [3.63, 3.8) is 0 Å². The lowest BCUT2D eigenvalue weighted by molar-refractivity contribution is 0.373. The van der Waals surface area contributed by atoms with Gasteiger partial charge >= 0.3 is 0 Å². The van der Waals surface area contributed by atoms with Gasteiger partial charge in [0.15, 0.2) is 11.5 Å². The summed E-state index contributed by atoms with van der Waals surface area (Å²) in [6.45, 7) is 0.857. The minimum atomic E-state index is -0.291. The Labute approximate surface area is 174 Å². The summed E-state index contributed by atoms with van der Waals surface area (Å²) in [5, 5.41) is 24.1. The minimum absolute atomic E-state index is 0.244. The molecular formula is C22H22FN7. The summed E-state index contributed by atoms with van der Waals surface area (Å²) in [5.74, 6) is 1.32. The number of benzene rings is 1. The third-order valence-corrected chi connectivity index (χ3v) is 5.24. The first-order valence-corrected chi connectivity index (χ1v) is 10.1. The molecule has 1 saturated carbocycles. The quantitative estimate of drug-likeness (QED) is 0.616. The van der Waals surface area contributed by atoms with Gasteiger partial charge in [-0.2, -0.15) is 5.26 Å². The molecule has 0 unspecified atom stereocenters. The number of nitriles is 1. The van der Waals surface area contributed by atoms with Crippen molar-refractivity contribution in [3.8, 4) is 17.3 Å². The van der Waals surface area contributed by atoms with E-state index < -0.39 is 0 Å². The van der Waals surface area contributed by atoms with Gasteiger partial charge in [0.1, 0.15) is 23.4 Å². The van der Waals surface area contributed by atoms with Gasteiger partial charge in [-0.15, -0.1) is 10.2 Å². The molecule has 2 aromatic heterocycles. The van der Waals surface area contributed by atoms with Crippen LogP contribution in [0.5, 0.6) is 0 Å². The van der Waals surface area contributed by atoms with Gasteiger partial charge in [0.25, 0.3) is 0 Å². The van der Waals surface area contributed by atoms with Crippen molar-refractivity contribution in [2.24, 2.45) is 5.92 Å². The summed E-state index contributed by atoms with van der Waals surface area (Å²) in [4.78, 5) is 8.16. The van der Waals surface area contributed by atoms with Crippen molar-refractivity contribution in [1.82, 2.24) is 20.2 Å². The van der Waals surface area contributed by atoms with E-state index in [9.17, 15) is 4.39 Å². The van der Waals surface area contributed by atoms with Crippen LogP contribution in [0.1, 0.15) is 37.8 Å². The molecule has 1 aliphatic rings. The van der Waals surface area contributed by atoms with E-state index in [0.717, 1.165) is 17.8 Å². The summed E-state index contributed by atoms with van der Waals surface area (Å²) >= 11 is 0. The molecular weight excluding hydrogens is 381 g/mol. The van der Waals surface area contributed by atoms with Crippen LogP contribution in [0.3, 0.4) is 0 Å². The van der Waals surface area contributed by atoms with Crippen molar-refractivity contribution < 1.29 is 4.39 Å². The molecule has 152 valence electrons. The molecule has 1 aromatic carbocycles. The molecule has 2 N–H and O–H groups in total. The van der Waals surface area contributed by atoms with Gasteiger partial charge in [-0.25, -0.2) is 14.4 Å². The number of nitrogens with one attached hydrogen (secondary N) is 2. The van der Waals surface area contributed by atoms with Crippen LogP contribution in [0.15, 0.2) is 42.7 Å². The monoisotopic (exact) mass is 403 g/mol. The van der Waals surface area contributed by atoms with Crippen LogP contribution >= 0.6 is 0 Å². The van der Waals surface area contributed by atoms with Crippen molar-refractivity contribution in [2.45, 2.75) is 32.1 Å². The van der Waals surface area contributed by atoms with Crippen LogP contribution in [0.25, 0.3) is 11.3 Å². The Morgan fingerprint density at radius 3 is 2.50 bits per heavy atom.